The number of H-pyrrole nitrogens is 1. The molecule has 1 aliphatic heterocycles. The van der Waals surface area contributed by atoms with Crippen molar-refractivity contribution >= 4 is 34.5 Å². The lowest BCUT2D eigenvalue weighted by Gasteiger charge is -2.16. The molecule has 1 saturated heterocycles. The lowest BCUT2D eigenvalue weighted by atomic mass is 9.85. The summed E-state index contributed by atoms with van der Waals surface area (Å²) >= 11 is 0. The number of imide groups is 1. The number of aromatic nitrogens is 1. The first-order chi connectivity index (χ1) is 13.5. The van der Waals surface area contributed by atoms with E-state index in [4.69, 9.17) is 4.74 Å². The summed E-state index contributed by atoms with van der Waals surface area (Å²) in [6.07, 6.45) is 5.35. The second kappa shape index (κ2) is 7.07. The Bertz CT molecular complexity index is 979. The lowest BCUT2D eigenvalue weighted by Crippen LogP contribution is -2.38. The van der Waals surface area contributed by atoms with Crippen LogP contribution in [0.3, 0.4) is 0 Å². The van der Waals surface area contributed by atoms with Crippen molar-refractivity contribution in [2.45, 2.75) is 25.9 Å². The molecule has 7 nitrogen and oxygen atoms in total. The van der Waals surface area contributed by atoms with Crippen molar-refractivity contribution in [2.75, 3.05) is 6.54 Å². The Morgan fingerprint density at radius 2 is 1.79 bits per heavy atom. The van der Waals surface area contributed by atoms with Crippen molar-refractivity contribution in [2.24, 2.45) is 11.8 Å². The van der Waals surface area contributed by atoms with Crippen molar-refractivity contribution < 1.29 is 23.9 Å². The Labute approximate surface area is 161 Å². The number of hydrogen-bond donors (Lipinski definition) is 1. The number of esters is 1. The average Bonchev–Trinajstić information content (AvgIpc) is 3.23. The minimum atomic E-state index is -1.02. The van der Waals surface area contributed by atoms with E-state index in [0.29, 0.717) is 18.4 Å². The number of carbonyl (C=O) groups excluding carboxylic acids is 4. The van der Waals surface area contributed by atoms with Crippen LogP contribution in [0.15, 0.2) is 42.6 Å². The summed E-state index contributed by atoms with van der Waals surface area (Å²) in [7, 11) is 0. The highest BCUT2D eigenvalue weighted by Gasteiger charge is 2.47. The molecule has 1 aliphatic carbocycles. The maximum Gasteiger partial charge on any atom is 0.326 e. The molecule has 144 valence electrons. The highest BCUT2D eigenvalue weighted by Crippen LogP contribution is 2.34. The number of ketones is 1. The molecule has 0 spiro atoms. The largest absolute Gasteiger partial charge is 0.453 e. The summed E-state index contributed by atoms with van der Waals surface area (Å²) < 4.78 is 5.23. The van der Waals surface area contributed by atoms with Crippen LogP contribution >= 0.6 is 0 Å². The van der Waals surface area contributed by atoms with Crippen molar-refractivity contribution in [3.05, 3.63) is 48.2 Å². The number of fused-ring (bicyclic) bond motifs is 2. The lowest BCUT2D eigenvalue weighted by molar-refractivity contribution is -0.154. The number of allylic oxidation sites excluding steroid dienone is 2. The summed E-state index contributed by atoms with van der Waals surface area (Å²) in [5.74, 6) is -2.58. The minimum absolute atomic E-state index is 0.341. The molecular weight excluding hydrogens is 360 g/mol. The van der Waals surface area contributed by atoms with E-state index >= 15 is 0 Å². The number of likely N-dealkylation sites (tertiary alicyclic amines) is 1. The number of aromatic amines is 1. The zero-order chi connectivity index (χ0) is 19.8. The summed E-state index contributed by atoms with van der Waals surface area (Å²) in [5.41, 5.74) is 1.25. The van der Waals surface area contributed by atoms with Gasteiger partial charge in [0.15, 0.2) is 6.10 Å². The smallest absolute Gasteiger partial charge is 0.326 e. The Balaban J connectivity index is 1.41. The van der Waals surface area contributed by atoms with Gasteiger partial charge in [0.1, 0.15) is 6.54 Å². The topological polar surface area (TPSA) is 96.5 Å². The molecule has 1 aromatic heterocycles. The summed E-state index contributed by atoms with van der Waals surface area (Å²) in [6, 6.07) is 7.34. The Kier molecular flexibility index (Phi) is 4.58. The molecule has 2 aromatic rings. The van der Waals surface area contributed by atoms with E-state index in [9.17, 15) is 19.2 Å². The maximum absolute atomic E-state index is 12.7. The zero-order valence-corrected chi connectivity index (χ0v) is 15.4. The number of Topliss-reactive ketones (excluding diaryl/α,β-unsaturated/α-hetero) is 1. The molecule has 1 N–H and O–H groups in total. The number of carbonyl (C=O) groups is 4. The van der Waals surface area contributed by atoms with Gasteiger partial charge in [-0.3, -0.25) is 24.1 Å². The van der Waals surface area contributed by atoms with Crippen LogP contribution in [-0.4, -0.2) is 46.1 Å². The van der Waals surface area contributed by atoms with Gasteiger partial charge in [0.05, 0.1) is 11.8 Å². The number of para-hydroxylation sites is 1. The normalized spacial score (nSPS) is 22.4. The fourth-order valence-corrected chi connectivity index (χ4v) is 3.94. The SMILES string of the molecule is C[C@@H](OC(=O)CN1C(=O)[C@H]2CC=CC[C@@H]2C1=O)C(=O)c1c[nH]c2ccccc12. The first-order valence-electron chi connectivity index (χ1n) is 9.27. The first kappa shape index (κ1) is 18.2. The Hall–Kier alpha value is -3.22. The van der Waals surface area contributed by atoms with Gasteiger partial charge in [0, 0.05) is 22.7 Å². The second-order valence-corrected chi connectivity index (χ2v) is 7.16. The standard InChI is InChI=1S/C21H20N2O5/c1-12(19(25)16-10-22-17-9-5-4-6-13(16)17)28-18(24)11-23-20(26)14-7-2-3-8-15(14)21(23)27/h2-6,9-10,12,14-15,22H,7-8,11H2,1H3/t12-,14+,15+/m1/s1. The fraction of sp³-hybridized carbons (Fsp3) is 0.333. The summed E-state index contributed by atoms with van der Waals surface area (Å²) in [6.45, 7) is 1.02. The van der Waals surface area contributed by atoms with Gasteiger partial charge < -0.3 is 9.72 Å². The van der Waals surface area contributed by atoms with Crippen LogP contribution < -0.4 is 0 Å². The van der Waals surface area contributed by atoms with Crippen LogP contribution in [0.2, 0.25) is 0 Å². The molecule has 1 fully saturated rings. The minimum Gasteiger partial charge on any atom is -0.453 e. The van der Waals surface area contributed by atoms with Crippen molar-refractivity contribution in [1.82, 2.24) is 9.88 Å². The van der Waals surface area contributed by atoms with E-state index in [1.165, 1.54) is 6.92 Å². The molecule has 2 heterocycles. The van der Waals surface area contributed by atoms with Gasteiger partial charge in [-0.1, -0.05) is 30.4 Å². The first-order valence-corrected chi connectivity index (χ1v) is 9.27. The van der Waals surface area contributed by atoms with Crippen molar-refractivity contribution in [1.29, 1.82) is 0 Å². The predicted octanol–water partition coefficient (Wildman–Crippen LogP) is 2.23. The van der Waals surface area contributed by atoms with E-state index in [2.05, 4.69) is 4.98 Å². The molecule has 0 unspecified atom stereocenters. The van der Waals surface area contributed by atoms with E-state index in [0.717, 1.165) is 15.8 Å². The number of hydrogen-bond acceptors (Lipinski definition) is 5. The third-order valence-corrected chi connectivity index (χ3v) is 5.42. The summed E-state index contributed by atoms with van der Waals surface area (Å²) in [4.78, 5) is 53.8. The third kappa shape index (κ3) is 3.02. The van der Waals surface area contributed by atoms with Crippen molar-refractivity contribution in [3.63, 3.8) is 0 Å². The number of nitrogens with one attached hydrogen (secondary N) is 1. The fourth-order valence-electron chi connectivity index (χ4n) is 3.94. The number of amides is 2. The number of ether oxygens (including phenoxy) is 1. The van der Waals surface area contributed by atoms with Crippen LogP contribution in [0.5, 0.6) is 0 Å². The maximum atomic E-state index is 12.7. The quantitative estimate of drug-likeness (QED) is 0.371. The van der Waals surface area contributed by atoms with Crippen molar-refractivity contribution in [3.8, 4) is 0 Å². The molecule has 4 rings (SSSR count). The third-order valence-electron chi connectivity index (χ3n) is 5.42. The Morgan fingerprint density at radius 1 is 1.14 bits per heavy atom. The highest BCUT2D eigenvalue weighted by molar-refractivity contribution is 6.10. The predicted molar refractivity (Wildman–Crippen MR) is 100 cm³/mol. The van der Waals surface area contributed by atoms with E-state index in [-0.39, 0.29) is 17.6 Å². The zero-order valence-electron chi connectivity index (χ0n) is 15.4. The van der Waals surface area contributed by atoms with Gasteiger partial charge in [0.25, 0.3) is 0 Å². The number of benzene rings is 1. The number of nitrogens with zero attached hydrogens (tertiary/aromatic N) is 1. The molecule has 0 radical (unpaired) electrons. The molecule has 2 amide bonds. The summed E-state index contributed by atoms with van der Waals surface area (Å²) in [5, 5.41) is 0.747. The van der Waals surface area contributed by atoms with Gasteiger partial charge in [-0.2, -0.15) is 0 Å². The molecule has 3 atom stereocenters. The molecule has 7 heteroatoms. The molecular formula is C21H20N2O5. The van der Waals surface area contributed by atoms with E-state index < -0.39 is 30.5 Å². The molecule has 2 aliphatic rings. The van der Waals surface area contributed by atoms with Crippen LogP contribution in [0.1, 0.15) is 30.1 Å². The Morgan fingerprint density at radius 3 is 2.46 bits per heavy atom. The van der Waals surface area contributed by atoms with Gasteiger partial charge >= 0.3 is 5.97 Å². The van der Waals surface area contributed by atoms with Gasteiger partial charge in [0.2, 0.25) is 17.6 Å². The molecule has 1 aromatic carbocycles. The average molecular weight is 380 g/mol. The molecule has 28 heavy (non-hydrogen) atoms. The second-order valence-electron chi connectivity index (χ2n) is 7.16. The monoisotopic (exact) mass is 380 g/mol. The number of rotatable bonds is 5. The van der Waals surface area contributed by atoms with Crippen LogP contribution in [0.4, 0.5) is 0 Å². The van der Waals surface area contributed by atoms with Gasteiger partial charge in [-0.05, 0) is 25.8 Å². The molecule has 0 bridgehead atoms. The highest BCUT2D eigenvalue weighted by atomic mass is 16.5. The molecule has 0 saturated carbocycles. The van der Waals surface area contributed by atoms with E-state index in [1.54, 1.807) is 6.20 Å². The van der Waals surface area contributed by atoms with E-state index in [1.807, 2.05) is 36.4 Å². The van der Waals surface area contributed by atoms with Crippen LogP contribution in [-0.2, 0) is 19.1 Å². The van der Waals surface area contributed by atoms with Crippen LogP contribution in [0, 0.1) is 11.8 Å². The van der Waals surface area contributed by atoms with Crippen LogP contribution in [0.25, 0.3) is 10.9 Å². The van der Waals surface area contributed by atoms with Gasteiger partial charge in [-0.25, -0.2) is 0 Å². The van der Waals surface area contributed by atoms with Gasteiger partial charge in [-0.15, -0.1) is 0 Å².